The van der Waals surface area contributed by atoms with Crippen molar-refractivity contribution in [2.75, 3.05) is 13.2 Å². The first-order valence-corrected chi connectivity index (χ1v) is 9.48. The summed E-state index contributed by atoms with van der Waals surface area (Å²) < 4.78 is 13.3. The highest BCUT2D eigenvalue weighted by Gasteiger charge is 2.13. The first kappa shape index (κ1) is 18.0. The molecule has 7 nitrogen and oxygen atoms in total. The molecule has 0 radical (unpaired) electrons. The molecular weight excluding hydrogens is 356 g/mol. The number of nitrogens with one attached hydrogen (secondary N) is 1. The van der Waals surface area contributed by atoms with Crippen LogP contribution in [0.5, 0.6) is 5.88 Å². The quantitative estimate of drug-likeness (QED) is 0.471. The maximum atomic E-state index is 11.6. The summed E-state index contributed by atoms with van der Waals surface area (Å²) in [5, 5.41) is 8.38. The largest absolute Gasteiger partial charge is 0.475 e. The molecule has 0 spiro atoms. The smallest absolute Gasteiger partial charge is 0.231 e. The van der Waals surface area contributed by atoms with Crippen LogP contribution in [0.1, 0.15) is 26.2 Å². The Morgan fingerprint density at radius 1 is 1.25 bits per heavy atom. The highest BCUT2D eigenvalue weighted by atomic mass is 16.5. The second-order valence-corrected chi connectivity index (χ2v) is 6.54. The van der Waals surface area contributed by atoms with E-state index in [-0.39, 0.29) is 5.91 Å². The average Bonchev–Trinajstić information content (AvgIpc) is 3.32. The molecular formula is C21H22N4O3. The van der Waals surface area contributed by atoms with Gasteiger partial charge in [0, 0.05) is 17.9 Å². The summed E-state index contributed by atoms with van der Waals surface area (Å²) in [4.78, 5) is 16.0. The number of furan rings is 1. The monoisotopic (exact) mass is 378 g/mol. The molecule has 4 aromatic rings. The van der Waals surface area contributed by atoms with Crippen molar-refractivity contribution in [2.24, 2.45) is 0 Å². The Hall–Kier alpha value is -3.35. The van der Waals surface area contributed by atoms with Crippen molar-refractivity contribution in [3.05, 3.63) is 48.7 Å². The molecule has 4 rings (SSSR count). The van der Waals surface area contributed by atoms with Gasteiger partial charge in [-0.2, -0.15) is 0 Å². The Balaban J connectivity index is 1.46. The number of imidazole rings is 1. The zero-order valence-electron chi connectivity index (χ0n) is 15.7. The third-order valence-electron chi connectivity index (χ3n) is 4.45. The van der Waals surface area contributed by atoms with Gasteiger partial charge in [-0.3, -0.25) is 4.79 Å². The van der Waals surface area contributed by atoms with E-state index >= 15 is 0 Å². The number of fused-ring (bicyclic) bond motifs is 2. The second kappa shape index (κ2) is 8.12. The van der Waals surface area contributed by atoms with Crippen LogP contribution in [-0.2, 0) is 4.79 Å². The molecule has 144 valence electrons. The summed E-state index contributed by atoms with van der Waals surface area (Å²) in [5.41, 5.74) is 2.28. The molecule has 0 atom stereocenters. The van der Waals surface area contributed by atoms with Crippen molar-refractivity contribution in [3.8, 4) is 17.3 Å². The first-order valence-electron chi connectivity index (χ1n) is 9.48. The molecule has 0 aliphatic carbocycles. The molecule has 0 bridgehead atoms. The van der Waals surface area contributed by atoms with Gasteiger partial charge in [0.1, 0.15) is 17.9 Å². The number of hydrogen-bond acceptors (Lipinski definition) is 5. The maximum Gasteiger partial charge on any atom is 0.231 e. The van der Waals surface area contributed by atoms with Gasteiger partial charge in [0.15, 0.2) is 11.4 Å². The van der Waals surface area contributed by atoms with Crippen LogP contribution in [-0.4, -0.2) is 33.7 Å². The van der Waals surface area contributed by atoms with E-state index in [2.05, 4.69) is 22.3 Å². The van der Waals surface area contributed by atoms with Crippen molar-refractivity contribution in [1.29, 1.82) is 0 Å². The van der Waals surface area contributed by atoms with E-state index in [1.165, 1.54) is 0 Å². The fraction of sp³-hybridized carbons (Fsp3) is 0.286. The molecule has 3 aromatic heterocycles. The summed E-state index contributed by atoms with van der Waals surface area (Å²) >= 11 is 0. The number of unbranched alkanes of at least 4 members (excludes halogenated alkanes) is 1. The number of nitrogens with zero attached hydrogens (tertiary/aromatic N) is 3. The van der Waals surface area contributed by atoms with E-state index in [0.717, 1.165) is 29.5 Å². The van der Waals surface area contributed by atoms with Gasteiger partial charge in [0.25, 0.3) is 0 Å². The van der Waals surface area contributed by atoms with Gasteiger partial charge in [-0.05, 0) is 24.6 Å². The van der Waals surface area contributed by atoms with E-state index in [4.69, 9.17) is 9.15 Å². The lowest BCUT2D eigenvalue weighted by molar-refractivity contribution is -0.121. The van der Waals surface area contributed by atoms with E-state index in [1.54, 1.807) is 16.8 Å². The fourth-order valence-electron chi connectivity index (χ4n) is 2.98. The molecule has 0 saturated heterocycles. The average molecular weight is 378 g/mol. The normalized spacial score (nSPS) is 11.2. The molecule has 0 fully saturated rings. The molecule has 1 amide bonds. The number of amides is 1. The number of carbonyl (C=O) groups excluding carboxylic acids is 1. The fourth-order valence-corrected chi connectivity index (χ4v) is 2.98. The summed E-state index contributed by atoms with van der Waals surface area (Å²) in [6, 6.07) is 13.4. The number of aromatic nitrogens is 3. The van der Waals surface area contributed by atoms with Crippen LogP contribution in [0.3, 0.4) is 0 Å². The van der Waals surface area contributed by atoms with Gasteiger partial charge in [-0.15, -0.1) is 5.10 Å². The standard InChI is InChI=1S/C21H22N4O3/c1-2-3-8-20(26)22-11-12-27-21-10-9-19-23-14-16(25(19)24-21)18-13-15-6-4-5-7-17(15)28-18/h4-7,9-10,13-14H,2-3,8,11-12H2,1H3,(H,22,26). The minimum atomic E-state index is 0.0515. The number of hydrogen-bond donors (Lipinski definition) is 1. The highest BCUT2D eigenvalue weighted by molar-refractivity contribution is 5.82. The predicted octanol–water partition coefficient (Wildman–Crippen LogP) is 3.83. The van der Waals surface area contributed by atoms with E-state index in [1.807, 2.05) is 36.4 Å². The predicted molar refractivity (Wildman–Crippen MR) is 106 cm³/mol. The van der Waals surface area contributed by atoms with Crippen molar-refractivity contribution in [1.82, 2.24) is 19.9 Å². The lowest BCUT2D eigenvalue weighted by Crippen LogP contribution is -2.27. The van der Waals surface area contributed by atoms with Crippen LogP contribution in [0.4, 0.5) is 0 Å². The van der Waals surface area contributed by atoms with Gasteiger partial charge >= 0.3 is 0 Å². The topological polar surface area (TPSA) is 81.7 Å². The SMILES string of the molecule is CCCCC(=O)NCCOc1ccc2ncc(-c3cc4ccccc4o3)n2n1. The number of ether oxygens (including phenoxy) is 1. The van der Waals surface area contributed by atoms with Gasteiger partial charge in [0.2, 0.25) is 11.8 Å². The molecule has 28 heavy (non-hydrogen) atoms. The third-order valence-corrected chi connectivity index (χ3v) is 4.45. The van der Waals surface area contributed by atoms with Crippen LogP contribution in [0.15, 0.2) is 53.1 Å². The van der Waals surface area contributed by atoms with Gasteiger partial charge in [0.05, 0.1) is 12.7 Å². The Bertz CT molecular complexity index is 1070. The lowest BCUT2D eigenvalue weighted by Gasteiger charge is -2.07. The molecule has 1 aromatic carbocycles. The molecule has 0 aliphatic heterocycles. The van der Waals surface area contributed by atoms with Crippen LogP contribution >= 0.6 is 0 Å². The van der Waals surface area contributed by atoms with Crippen LogP contribution in [0.2, 0.25) is 0 Å². The molecule has 0 aliphatic rings. The zero-order valence-corrected chi connectivity index (χ0v) is 15.7. The third kappa shape index (κ3) is 3.83. The summed E-state index contributed by atoms with van der Waals surface area (Å²) in [5.74, 6) is 1.21. The van der Waals surface area contributed by atoms with Gasteiger partial charge < -0.3 is 14.5 Å². The van der Waals surface area contributed by atoms with E-state index in [9.17, 15) is 4.79 Å². The second-order valence-electron chi connectivity index (χ2n) is 6.54. The Labute approximate surface area is 162 Å². The molecule has 0 saturated carbocycles. The van der Waals surface area contributed by atoms with E-state index < -0.39 is 0 Å². The van der Waals surface area contributed by atoms with Gasteiger partial charge in [-0.1, -0.05) is 31.5 Å². The van der Waals surface area contributed by atoms with Crippen LogP contribution in [0, 0.1) is 0 Å². The molecule has 7 heteroatoms. The summed E-state index contributed by atoms with van der Waals surface area (Å²) in [6.07, 6.45) is 4.19. The van der Waals surface area contributed by atoms with Crippen molar-refractivity contribution >= 4 is 22.5 Å². The van der Waals surface area contributed by atoms with Crippen LogP contribution < -0.4 is 10.1 Å². The van der Waals surface area contributed by atoms with Crippen molar-refractivity contribution < 1.29 is 13.9 Å². The summed E-state index contributed by atoms with van der Waals surface area (Å²) in [6.45, 7) is 2.86. The number of para-hydroxylation sites is 1. The maximum absolute atomic E-state index is 11.6. The lowest BCUT2D eigenvalue weighted by atomic mass is 10.2. The Morgan fingerprint density at radius 3 is 3.00 bits per heavy atom. The Kier molecular flexibility index (Phi) is 5.23. The first-order chi connectivity index (χ1) is 13.7. The number of rotatable bonds is 8. The van der Waals surface area contributed by atoms with Crippen molar-refractivity contribution in [3.63, 3.8) is 0 Å². The zero-order chi connectivity index (χ0) is 19.3. The highest BCUT2D eigenvalue weighted by Crippen LogP contribution is 2.28. The minimum absolute atomic E-state index is 0.0515. The van der Waals surface area contributed by atoms with Gasteiger partial charge in [-0.25, -0.2) is 9.50 Å². The molecule has 3 heterocycles. The summed E-state index contributed by atoms with van der Waals surface area (Å²) in [7, 11) is 0. The molecule has 0 unspecified atom stereocenters. The van der Waals surface area contributed by atoms with E-state index in [0.29, 0.717) is 36.9 Å². The molecule has 1 N–H and O–H groups in total. The van der Waals surface area contributed by atoms with Crippen molar-refractivity contribution in [2.45, 2.75) is 26.2 Å². The Morgan fingerprint density at radius 2 is 2.14 bits per heavy atom. The van der Waals surface area contributed by atoms with Crippen LogP contribution in [0.25, 0.3) is 28.1 Å². The number of carbonyl (C=O) groups is 1. The minimum Gasteiger partial charge on any atom is -0.475 e. The number of benzene rings is 1.